The van der Waals surface area contributed by atoms with Gasteiger partial charge < -0.3 is 11.1 Å². The highest BCUT2D eigenvalue weighted by Crippen LogP contribution is 2.30. The number of benzene rings is 1. The smallest absolute Gasteiger partial charge is 0.316 e. The topological polar surface area (TPSA) is 55.1 Å². The van der Waals surface area contributed by atoms with Crippen molar-refractivity contribution in [3.63, 3.8) is 0 Å². The Morgan fingerprint density at radius 3 is 2.54 bits per heavy atom. The van der Waals surface area contributed by atoms with Crippen LogP contribution in [-0.4, -0.2) is 6.03 Å². The second kappa shape index (κ2) is 4.35. The highest BCUT2D eigenvalue weighted by atomic mass is 35.5. The van der Waals surface area contributed by atoms with Gasteiger partial charge >= 0.3 is 6.03 Å². The molecule has 0 saturated carbocycles. The number of para-hydroxylation sites is 1. The summed E-state index contributed by atoms with van der Waals surface area (Å²) in [6.07, 6.45) is 0. The summed E-state index contributed by atoms with van der Waals surface area (Å²) in [6, 6.07) is 6.29. The number of anilines is 1. The molecule has 0 aliphatic carbocycles. The molecular formula is C8H8Cl2N2O. The van der Waals surface area contributed by atoms with Crippen LogP contribution < -0.4 is 11.1 Å². The van der Waals surface area contributed by atoms with Crippen molar-refractivity contribution in [1.82, 2.24) is 0 Å². The number of carbonyl (C=O) groups excluding carboxylic acids is 1. The maximum Gasteiger partial charge on any atom is 0.316 e. The molecule has 0 saturated heterocycles. The quantitative estimate of drug-likeness (QED) is 0.738. The van der Waals surface area contributed by atoms with Crippen LogP contribution >= 0.6 is 23.2 Å². The van der Waals surface area contributed by atoms with E-state index in [9.17, 15) is 4.79 Å². The highest BCUT2D eigenvalue weighted by molar-refractivity contribution is 6.44. The van der Waals surface area contributed by atoms with E-state index >= 15 is 0 Å². The van der Waals surface area contributed by atoms with Gasteiger partial charge in [-0.3, -0.25) is 0 Å². The zero-order valence-electron chi connectivity index (χ0n) is 6.63. The van der Waals surface area contributed by atoms with Gasteiger partial charge in [-0.25, -0.2) is 4.79 Å². The molecule has 0 fully saturated rings. The fourth-order valence-corrected chi connectivity index (χ4v) is 1.31. The maximum absolute atomic E-state index is 10.6. The average molecular weight is 219 g/mol. The van der Waals surface area contributed by atoms with Crippen molar-refractivity contribution in [2.45, 2.75) is 4.84 Å². The lowest BCUT2D eigenvalue weighted by molar-refractivity contribution is 0.259. The van der Waals surface area contributed by atoms with Crippen LogP contribution in [0.2, 0.25) is 0 Å². The Morgan fingerprint density at radius 1 is 1.38 bits per heavy atom. The summed E-state index contributed by atoms with van der Waals surface area (Å²) in [4.78, 5) is 9.89. The molecule has 0 spiro atoms. The van der Waals surface area contributed by atoms with E-state index in [1.54, 1.807) is 24.3 Å². The predicted octanol–water partition coefficient (Wildman–Crippen LogP) is 2.65. The molecule has 0 radical (unpaired) electrons. The fourth-order valence-electron chi connectivity index (χ4n) is 0.934. The molecule has 0 bridgehead atoms. The van der Waals surface area contributed by atoms with Crippen LogP contribution in [0.3, 0.4) is 0 Å². The Labute approximate surface area is 85.8 Å². The lowest BCUT2D eigenvalue weighted by atomic mass is 10.2. The first-order chi connectivity index (χ1) is 6.11. The molecule has 1 aromatic carbocycles. The molecule has 2 amide bonds. The monoisotopic (exact) mass is 218 g/mol. The summed E-state index contributed by atoms with van der Waals surface area (Å²) in [5.74, 6) is 0. The van der Waals surface area contributed by atoms with Crippen molar-refractivity contribution in [3.8, 4) is 0 Å². The first-order valence-electron chi connectivity index (χ1n) is 3.55. The number of rotatable bonds is 2. The molecule has 5 heteroatoms. The number of alkyl halides is 2. The van der Waals surface area contributed by atoms with Crippen molar-refractivity contribution in [2.24, 2.45) is 5.73 Å². The van der Waals surface area contributed by atoms with Gasteiger partial charge in [0.2, 0.25) is 0 Å². The molecule has 0 aromatic heterocycles. The molecule has 0 heterocycles. The number of hydrogen-bond acceptors (Lipinski definition) is 1. The molecule has 0 unspecified atom stereocenters. The number of amides is 2. The molecule has 13 heavy (non-hydrogen) atoms. The zero-order valence-corrected chi connectivity index (χ0v) is 8.14. The average Bonchev–Trinajstić information content (AvgIpc) is 2.03. The van der Waals surface area contributed by atoms with Gasteiger partial charge in [0.15, 0.2) is 0 Å². The molecular weight excluding hydrogens is 211 g/mol. The van der Waals surface area contributed by atoms with Crippen LogP contribution in [0.15, 0.2) is 24.3 Å². The third kappa shape index (κ3) is 2.79. The summed E-state index contributed by atoms with van der Waals surface area (Å²) in [5, 5.41) is 2.42. The second-order valence-electron chi connectivity index (χ2n) is 2.38. The minimum atomic E-state index is -0.678. The summed E-state index contributed by atoms with van der Waals surface area (Å²) < 4.78 is 0. The largest absolute Gasteiger partial charge is 0.351 e. The number of urea groups is 1. The number of halogens is 2. The summed E-state index contributed by atoms with van der Waals surface area (Å²) in [7, 11) is 0. The van der Waals surface area contributed by atoms with Gasteiger partial charge in [-0.15, -0.1) is 0 Å². The van der Waals surface area contributed by atoms with E-state index in [0.29, 0.717) is 11.3 Å². The van der Waals surface area contributed by atoms with Crippen LogP contribution in [-0.2, 0) is 0 Å². The first kappa shape index (κ1) is 10.2. The Morgan fingerprint density at radius 2 is 2.00 bits per heavy atom. The van der Waals surface area contributed by atoms with Crippen molar-refractivity contribution < 1.29 is 4.79 Å². The second-order valence-corrected chi connectivity index (χ2v) is 3.47. The highest BCUT2D eigenvalue weighted by Gasteiger charge is 2.09. The molecule has 3 N–H and O–H groups in total. The maximum atomic E-state index is 10.6. The lowest BCUT2D eigenvalue weighted by Gasteiger charge is -2.09. The van der Waals surface area contributed by atoms with Gasteiger partial charge in [0.25, 0.3) is 0 Å². The molecule has 3 nitrogen and oxygen atoms in total. The van der Waals surface area contributed by atoms with Crippen molar-refractivity contribution in [2.75, 3.05) is 5.32 Å². The normalized spacial score (nSPS) is 10.1. The predicted molar refractivity (Wildman–Crippen MR) is 54.1 cm³/mol. The van der Waals surface area contributed by atoms with E-state index in [1.165, 1.54) is 0 Å². The molecule has 70 valence electrons. The van der Waals surface area contributed by atoms with Crippen molar-refractivity contribution in [1.29, 1.82) is 0 Å². The van der Waals surface area contributed by atoms with Crippen molar-refractivity contribution in [3.05, 3.63) is 29.8 Å². The third-order valence-corrected chi connectivity index (χ3v) is 1.92. The van der Waals surface area contributed by atoms with Gasteiger partial charge in [-0.2, -0.15) is 0 Å². The van der Waals surface area contributed by atoms with Gasteiger partial charge in [-0.05, 0) is 6.07 Å². The number of nitrogens with two attached hydrogens (primary N) is 1. The van der Waals surface area contributed by atoms with Crippen LogP contribution in [0.5, 0.6) is 0 Å². The molecule has 0 aliphatic rings. The Kier molecular flexibility index (Phi) is 3.39. The van der Waals surface area contributed by atoms with E-state index < -0.39 is 10.9 Å². The van der Waals surface area contributed by atoms with Gasteiger partial charge in [0.1, 0.15) is 4.84 Å². The van der Waals surface area contributed by atoms with E-state index in [2.05, 4.69) is 5.32 Å². The summed E-state index contributed by atoms with van der Waals surface area (Å²) in [6.45, 7) is 0. The Bertz CT molecular complexity index is 315. The molecule has 0 aliphatic heterocycles. The molecule has 0 atom stereocenters. The first-order valence-corrected chi connectivity index (χ1v) is 4.42. The molecule has 1 aromatic rings. The standard InChI is InChI=1S/C8H8Cl2N2O/c9-7(10)5-3-1-2-4-6(5)12-8(11)13/h1-4,7H,(H3,11,12,13). The summed E-state index contributed by atoms with van der Waals surface area (Å²) in [5.41, 5.74) is 6.12. The number of carbonyl (C=O) groups is 1. The van der Waals surface area contributed by atoms with E-state index in [-0.39, 0.29) is 0 Å². The summed E-state index contributed by atoms with van der Waals surface area (Å²) >= 11 is 11.3. The zero-order chi connectivity index (χ0) is 9.84. The Balaban J connectivity index is 2.97. The van der Waals surface area contributed by atoms with E-state index in [0.717, 1.165) is 0 Å². The number of primary amides is 1. The Hall–Kier alpha value is -0.930. The van der Waals surface area contributed by atoms with Crippen molar-refractivity contribution >= 4 is 34.9 Å². The van der Waals surface area contributed by atoms with Crippen LogP contribution in [0.1, 0.15) is 10.4 Å². The minimum absolute atomic E-state index is 0.532. The lowest BCUT2D eigenvalue weighted by Crippen LogP contribution is -2.20. The minimum Gasteiger partial charge on any atom is -0.351 e. The van der Waals surface area contributed by atoms with Crippen LogP contribution in [0.25, 0.3) is 0 Å². The molecule has 1 rings (SSSR count). The third-order valence-electron chi connectivity index (χ3n) is 1.45. The van der Waals surface area contributed by atoms with Gasteiger partial charge in [0, 0.05) is 11.3 Å². The van der Waals surface area contributed by atoms with Crippen LogP contribution in [0.4, 0.5) is 10.5 Å². The van der Waals surface area contributed by atoms with E-state index in [1.807, 2.05) is 0 Å². The van der Waals surface area contributed by atoms with Gasteiger partial charge in [-0.1, -0.05) is 41.4 Å². The SMILES string of the molecule is NC(=O)Nc1ccccc1C(Cl)Cl. The number of hydrogen-bond donors (Lipinski definition) is 2. The van der Waals surface area contributed by atoms with Crippen LogP contribution in [0, 0.1) is 0 Å². The van der Waals surface area contributed by atoms with Gasteiger partial charge in [0.05, 0.1) is 0 Å². The number of nitrogens with one attached hydrogen (secondary N) is 1. The van der Waals surface area contributed by atoms with E-state index in [4.69, 9.17) is 28.9 Å². The fraction of sp³-hybridized carbons (Fsp3) is 0.125.